The summed E-state index contributed by atoms with van der Waals surface area (Å²) in [6.07, 6.45) is 0.0990. The van der Waals surface area contributed by atoms with Crippen LogP contribution < -0.4 is 19.7 Å². The number of nitrogens with zero attached hydrogens (tertiary/aromatic N) is 1. The van der Waals surface area contributed by atoms with Gasteiger partial charge >= 0.3 is 0 Å². The van der Waals surface area contributed by atoms with Crippen LogP contribution in [0, 0.1) is 13.8 Å². The van der Waals surface area contributed by atoms with E-state index < -0.39 is 6.04 Å². The van der Waals surface area contributed by atoms with E-state index in [1.165, 1.54) is 12.0 Å². The molecular weight excluding hydrogens is 332 g/mol. The average Bonchev–Trinajstić information content (AvgIpc) is 2.91. The molecule has 2 amide bonds. The van der Waals surface area contributed by atoms with Gasteiger partial charge in [0.15, 0.2) is 0 Å². The summed E-state index contributed by atoms with van der Waals surface area (Å²) in [5.74, 6) is 0.456. The molecule has 0 aliphatic carbocycles. The maximum atomic E-state index is 12.9. The lowest BCUT2D eigenvalue weighted by molar-refractivity contribution is -0.121. The Bertz CT molecular complexity index is 843. The molecule has 6 heteroatoms. The Hall–Kier alpha value is -3.02. The Balaban J connectivity index is 1.90. The predicted molar refractivity (Wildman–Crippen MR) is 100.0 cm³/mol. The van der Waals surface area contributed by atoms with Crippen molar-refractivity contribution in [1.29, 1.82) is 0 Å². The summed E-state index contributed by atoms with van der Waals surface area (Å²) in [5.41, 5.74) is 3.38. The second kappa shape index (κ2) is 7.07. The zero-order valence-electron chi connectivity index (χ0n) is 15.3. The van der Waals surface area contributed by atoms with Gasteiger partial charge in [0.2, 0.25) is 5.91 Å². The number of amides is 2. The summed E-state index contributed by atoms with van der Waals surface area (Å²) in [6, 6.07) is 10.3. The number of anilines is 2. The molecule has 6 nitrogen and oxygen atoms in total. The third-order valence-corrected chi connectivity index (χ3v) is 4.57. The predicted octanol–water partition coefficient (Wildman–Crippen LogP) is 3.06. The van der Waals surface area contributed by atoms with Gasteiger partial charge in [-0.1, -0.05) is 18.2 Å². The lowest BCUT2D eigenvalue weighted by Crippen LogP contribution is -2.35. The number of carbonyl (C=O) groups excluding carboxylic acids is 2. The molecule has 0 unspecified atom stereocenters. The normalized spacial score (nSPS) is 16.8. The summed E-state index contributed by atoms with van der Waals surface area (Å²) in [4.78, 5) is 26.7. The quantitative estimate of drug-likeness (QED) is 0.836. The minimum Gasteiger partial charge on any atom is -0.497 e. The molecule has 0 saturated carbocycles. The van der Waals surface area contributed by atoms with Crippen molar-refractivity contribution in [2.45, 2.75) is 26.3 Å². The Morgan fingerprint density at radius 2 is 1.73 bits per heavy atom. The molecule has 0 radical (unpaired) electrons. The van der Waals surface area contributed by atoms with E-state index in [1.807, 2.05) is 32.0 Å². The number of hydrogen-bond donors (Lipinski definition) is 1. The van der Waals surface area contributed by atoms with E-state index in [2.05, 4.69) is 5.32 Å². The number of imide groups is 1. The highest BCUT2D eigenvalue weighted by molar-refractivity contribution is 6.23. The van der Waals surface area contributed by atoms with E-state index in [0.29, 0.717) is 17.2 Å². The number of para-hydroxylation sites is 1. The van der Waals surface area contributed by atoms with Gasteiger partial charge in [-0.3, -0.25) is 9.59 Å². The summed E-state index contributed by atoms with van der Waals surface area (Å²) in [7, 11) is 3.04. The first kappa shape index (κ1) is 17.8. The Morgan fingerprint density at radius 1 is 1.04 bits per heavy atom. The largest absolute Gasteiger partial charge is 0.497 e. The zero-order chi connectivity index (χ0) is 18.8. The number of aryl methyl sites for hydroxylation is 2. The van der Waals surface area contributed by atoms with Gasteiger partial charge in [-0.15, -0.1) is 0 Å². The first-order valence-corrected chi connectivity index (χ1v) is 8.38. The van der Waals surface area contributed by atoms with Crippen molar-refractivity contribution in [3.63, 3.8) is 0 Å². The molecule has 26 heavy (non-hydrogen) atoms. The molecule has 1 atom stereocenters. The second-order valence-electron chi connectivity index (χ2n) is 6.27. The topological polar surface area (TPSA) is 67.9 Å². The number of nitrogens with one attached hydrogen (secondary N) is 1. The van der Waals surface area contributed by atoms with Crippen molar-refractivity contribution >= 4 is 23.2 Å². The number of carbonyl (C=O) groups is 2. The highest BCUT2D eigenvalue weighted by atomic mass is 16.5. The highest BCUT2D eigenvalue weighted by Crippen LogP contribution is 2.36. The van der Waals surface area contributed by atoms with Crippen LogP contribution in [0.5, 0.6) is 11.5 Å². The third kappa shape index (κ3) is 3.10. The SMILES string of the molecule is COc1ccc(N2C(=O)C[C@H](Nc3c(C)cccc3C)C2=O)c(OC)c1. The fourth-order valence-corrected chi connectivity index (χ4v) is 3.18. The van der Waals surface area contributed by atoms with Crippen LogP contribution in [0.25, 0.3) is 0 Å². The molecule has 2 aromatic rings. The van der Waals surface area contributed by atoms with Crippen LogP contribution in [-0.4, -0.2) is 32.1 Å². The molecule has 1 aliphatic rings. The number of hydrogen-bond acceptors (Lipinski definition) is 5. The van der Waals surface area contributed by atoms with Crippen molar-refractivity contribution < 1.29 is 19.1 Å². The molecule has 1 N–H and O–H groups in total. The Labute approximate surface area is 152 Å². The van der Waals surface area contributed by atoms with Crippen LogP contribution >= 0.6 is 0 Å². The van der Waals surface area contributed by atoms with Gasteiger partial charge in [-0.25, -0.2) is 4.90 Å². The van der Waals surface area contributed by atoms with E-state index in [0.717, 1.165) is 16.8 Å². The van der Waals surface area contributed by atoms with Crippen LogP contribution in [0.4, 0.5) is 11.4 Å². The fraction of sp³-hybridized carbons (Fsp3) is 0.300. The molecule has 0 aromatic heterocycles. The highest BCUT2D eigenvalue weighted by Gasteiger charge is 2.41. The molecule has 0 spiro atoms. The third-order valence-electron chi connectivity index (χ3n) is 4.57. The monoisotopic (exact) mass is 354 g/mol. The van der Waals surface area contributed by atoms with Gasteiger partial charge in [0.25, 0.3) is 5.91 Å². The number of rotatable bonds is 5. The second-order valence-corrected chi connectivity index (χ2v) is 6.27. The lowest BCUT2D eigenvalue weighted by atomic mass is 10.1. The molecule has 3 rings (SSSR count). The van der Waals surface area contributed by atoms with Crippen LogP contribution in [0.1, 0.15) is 17.5 Å². The van der Waals surface area contributed by atoms with Crippen molar-refractivity contribution in [2.24, 2.45) is 0 Å². The van der Waals surface area contributed by atoms with Crippen molar-refractivity contribution in [3.05, 3.63) is 47.5 Å². The van der Waals surface area contributed by atoms with E-state index in [4.69, 9.17) is 9.47 Å². The van der Waals surface area contributed by atoms with Gasteiger partial charge in [-0.2, -0.15) is 0 Å². The minimum absolute atomic E-state index is 0.0990. The van der Waals surface area contributed by atoms with Crippen molar-refractivity contribution in [3.8, 4) is 11.5 Å². The maximum Gasteiger partial charge on any atom is 0.256 e. The fourth-order valence-electron chi connectivity index (χ4n) is 3.18. The molecule has 1 fully saturated rings. The summed E-state index contributed by atoms with van der Waals surface area (Å²) in [5, 5.41) is 3.24. The molecule has 1 aliphatic heterocycles. The molecule has 0 bridgehead atoms. The Morgan fingerprint density at radius 3 is 2.35 bits per heavy atom. The molecule has 1 heterocycles. The van der Waals surface area contributed by atoms with E-state index >= 15 is 0 Å². The van der Waals surface area contributed by atoms with Crippen molar-refractivity contribution in [1.82, 2.24) is 0 Å². The van der Waals surface area contributed by atoms with Gasteiger partial charge in [-0.05, 0) is 37.1 Å². The Kier molecular flexibility index (Phi) is 4.84. The maximum absolute atomic E-state index is 12.9. The lowest BCUT2D eigenvalue weighted by Gasteiger charge is -2.20. The van der Waals surface area contributed by atoms with Crippen LogP contribution in [-0.2, 0) is 9.59 Å². The minimum atomic E-state index is -0.603. The summed E-state index contributed by atoms with van der Waals surface area (Å²) < 4.78 is 10.5. The molecule has 2 aromatic carbocycles. The first-order valence-electron chi connectivity index (χ1n) is 8.38. The standard InChI is InChI=1S/C20H22N2O4/c1-12-6-5-7-13(2)19(12)21-15-11-18(23)22(20(15)24)16-9-8-14(25-3)10-17(16)26-4/h5-10,15,21H,11H2,1-4H3/t15-/m0/s1. The van der Waals surface area contributed by atoms with Gasteiger partial charge in [0.1, 0.15) is 17.5 Å². The first-order chi connectivity index (χ1) is 12.5. The van der Waals surface area contributed by atoms with E-state index in [9.17, 15) is 9.59 Å². The summed E-state index contributed by atoms with van der Waals surface area (Å²) >= 11 is 0. The van der Waals surface area contributed by atoms with Crippen LogP contribution in [0.15, 0.2) is 36.4 Å². The smallest absolute Gasteiger partial charge is 0.256 e. The van der Waals surface area contributed by atoms with Crippen LogP contribution in [0.2, 0.25) is 0 Å². The number of benzene rings is 2. The van der Waals surface area contributed by atoms with Crippen molar-refractivity contribution in [2.75, 3.05) is 24.4 Å². The molecule has 1 saturated heterocycles. The zero-order valence-corrected chi connectivity index (χ0v) is 15.3. The number of ether oxygens (including phenoxy) is 2. The van der Waals surface area contributed by atoms with E-state index in [-0.39, 0.29) is 18.2 Å². The van der Waals surface area contributed by atoms with Gasteiger partial charge in [0, 0.05) is 11.8 Å². The molecule has 136 valence electrons. The van der Waals surface area contributed by atoms with Crippen LogP contribution in [0.3, 0.4) is 0 Å². The number of methoxy groups -OCH3 is 2. The summed E-state index contributed by atoms with van der Waals surface area (Å²) in [6.45, 7) is 3.95. The van der Waals surface area contributed by atoms with Gasteiger partial charge in [0.05, 0.1) is 26.3 Å². The average molecular weight is 354 g/mol. The van der Waals surface area contributed by atoms with Gasteiger partial charge < -0.3 is 14.8 Å². The van der Waals surface area contributed by atoms with E-state index in [1.54, 1.807) is 25.3 Å². The molecular formula is C20H22N2O4.